The van der Waals surface area contributed by atoms with Gasteiger partial charge in [0.2, 0.25) is 0 Å². The number of carboxylic acid groups (broad SMARTS) is 1. The van der Waals surface area contributed by atoms with Crippen molar-refractivity contribution in [2.45, 2.75) is 44.7 Å². The van der Waals surface area contributed by atoms with Crippen LogP contribution in [0, 0.1) is 5.92 Å². The fraction of sp³-hybridized carbons (Fsp3) is 0.379. The standard InChI is InChI=1S/C29H31F3N2O4/c1-3-22(28(35)36)24-11-7-19-17-21(10-12-23(19)24)38-16-4-15-33-27-25(29(30,31)32)13-14-26(34-27)18-5-8-20(37-2)9-6-18/h5-6,8-10,12-14,17,22,24H,3-4,7,11,15-16H2,1-2H3,(H,33,34)(H,35,36)/t22?,24-/m0/s1. The van der Waals surface area contributed by atoms with E-state index in [-0.39, 0.29) is 18.3 Å². The first kappa shape index (κ1) is 27.3. The molecule has 2 atom stereocenters. The number of nitrogens with zero attached hydrogens (tertiary/aromatic N) is 1. The Hall–Kier alpha value is -3.75. The largest absolute Gasteiger partial charge is 0.497 e. The molecule has 4 rings (SSSR count). The molecule has 1 aromatic heterocycles. The first-order chi connectivity index (χ1) is 18.2. The molecule has 1 aliphatic rings. The van der Waals surface area contributed by atoms with E-state index in [9.17, 15) is 23.1 Å². The van der Waals surface area contributed by atoms with E-state index in [1.54, 1.807) is 31.4 Å². The summed E-state index contributed by atoms with van der Waals surface area (Å²) in [7, 11) is 1.54. The molecule has 1 unspecified atom stereocenters. The quantitative estimate of drug-likeness (QED) is 0.267. The van der Waals surface area contributed by atoms with Crippen molar-refractivity contribution in [2.24, 2.45) is 5.92 Å². The summed E-state index contributed by atoms with van der Waals surface area (Å²) in [5, 5.41) is 12.3. The molecule has 0 spiro atoms. The van der Waals surface area contributed by atoms with E-state index in [0.29, 0.717) is 42.2 Å². The number of halogens is 3. The van der Waals surface area contributed by atoms with Crippen molar-refractivity contribution >= 4 is 11.8 Å². The molecule has 0 amide bonds. The molecular weight excluding hydrogens is 497 g/mol. The van der Waals surface area contributed by atoms with Gasteiger partial charge in [0.15, 0.2) is 0 Å². The number of fused-ring (bicyclic) bond motifs is 1. The summed E-state index contributed by atoms with van der Waals surface area (Å²) in [6.45, 7) is 2.44. The average Bonchev–Trinajstić information content (AvgIpc) is 3.31. The van der Waals surface area contributed by atoms with Gasteiger partial charge in [-0.05, 0) is 91.3 Å². The molecule has 202 valence electrons. The zero-order valence-electron chi connectivity index (χ0n) is 21.3. The molecular formula is C29H31F3N2O4. The van der Waals surface area contributed by atoms with Crippen LogP contribution in [-0.2, 0) is 17.4 Å². The number of anilines is 1. The maximum atomic E-state index is 13.6. The van der Waals surface area contributed by atoms with Crippen LogP contribution in [-0.4, -0.2) is 36.3 Å². The van der Waals surface area contributed by atoms with Crippen LogP contribution in [0.2, 0.25) is 0 Å². The van der Waals surface area contributed by atoms with Crippen molar-refractivity contribution < 1.29 is 32.5 Å². The molecule has 0 saturated carbocycles. The van der Waals surface area contributed by atoms with Crippen molar-refractivity contribution in [1.29, 1.82) is 0 Å². The number of alkyl halides is 3. The van der Waals surface area contributed by atoms with Crippen LogP contribution in [0.5, 0.6) is 11.5 Å². The lowest BCUT2D eigenvalue weighted by Crippen LogP contribution is -2.19. The molecule has 3 aromatic rings. The third-order valence-corrected chi connectivity index (χ3v) is 6.95. The molecule has 2 N–H and O–H groups in total. The second-order valence-corrected chi connectivity index (χ2v) is 9.31. The lowest BCUT2D eigenvalue weighted by Gasteiger charge is -2.19. The zero-order valence-corrected chi connectivity index (χ0v) is 21.3. The first-order valence-corrected chi connectivity index (χ1v) is 12.7. The van der Waals surface area contributed by atoms with Gasteiger partial charge >= 0.3 is 12.1 Å². The molecule has 38 heavy (non-hydrogen) atoms. The predicted molar refractivity (Wildman–Crippen MR) is 139 cm³/mol. The molecule has 0 fully saturated rings. The Morgan fingerprint density at radius 2 is 1.87 bits per heavy atom. The molecule has 9 heteroatoms. The van der Waals surface area contributed by atoms with Crippen molar-refractivity contribution in [3.05, 3.63) is 71.3 Å². The number of hydrogen-bond acceptors (Lipinski definition) is 5. The van der Waals surface area contributed by atoms with E-state index >= 15 is 0 Å². The smallest absolute Gasteiger partial charge is 0.419 e. The Balaban J connectivity index is 1.36. The highest BCUT2D eigenvalue weighted by molar-refractivity contribution is 5.72. The van der Waals surface area contributed by atoms with Gasteiger partial charge in [-0.2, -0.15) is 13.2 Å². The Bertz CT molecular complexity index is 1260. The summed E-state index contributed by atoms with van der Waals surface area (Å²) in [5.74, 6) is -0.0625. The van der Waals surface area contributed by atoms with Crippen molar-refractivity contribution in [3.63, 3.8) is 0 Å². The summed E-state index contributed by atoms with van der Waals surface area (Å²) in [5.41, 5.74) is 2.44. The number of rotatable bonds is 11. The van der Waals surface area contributed by atoms with Gasteiger partial charge in [-0.3, -0.25) is 4.79 Å². The van der Waals surface area contributed by atoms with Crippen LogP contribution in [0.4, 0.5) is 19.0 Å². The van der Waals surface area contributed by atoms with E-state index in [2.05, 4.69) is 10.3 Å². The summed E-state index contributed by atoms with van der Waals surface area (Å²) < 4.78 is 51.7. The molecule has 2 aromatic carbocycles. The van der Waals surface area contributed by atoms with Crippen molar-refractivity contribution in [3.8, 4) is 22.8 Å². The van der Waals surface area contributed by atoms with Gasteiger partial charge in [0.25, 0.3) is 0 Å². The zero-order chi connectivity index (χ0) is 27.3. The third kappa shape index (κ3) is 6.20. The Morgan fingerprint density at radius 1 is 1.13 bits per heavy atom. The molecule has 6 nitrogen and oxygen atoms in total. The van der Waals surface area contributed by atoms with Crippen LogP contribution in [0.1, 0.15) is 48.8 Å². The average molecular weight is 529 g/mol. The van der Waals surface area contributed by atoms with Gasteiger partial charge in [-0.15, -0.1) is 0 Å². The number of carbonyl (C=O) groups is 1. The summed E-state index contributed by atoms with van der Waals surface area (Å²) >= 11 is 0. The van der Waals surface area contributed by atoms with Crippen LogP contribution in [0.15, 0.2) is 54.6 Å². The first-order valence-electron chi connectivity index (χ1n) is 12.7. The molecule has 0 saturated heterocycles. The highest BCUT2D eigenvalue weighted by atomic mass is 19.4. The predicted octanol–water partition coefficient (Wildman–Crippen LogP) is 6.80. The van der Waals surface area contributed by atoms with E-state index in [4.69, 9.17) is 9.47 Å². The number of hydrogen-bond donors (Lipinski definition) is 2. The lowest BCUT2D eigenvalue weighted by molar-refractivity contribution is -0.142. The van der Waals surface area contributed by atoms with E-state index < -0.39 is 23.6 Å². The van der Waals surface area contributed by atoms with Crippen LogP contribution >= 0.6 is 0 Å². The third-order valence-electron chi connectivity index (χ3n) is 6.95. The number of nitrogens with one attached hydrogen (secondary N) is 1. The molecule has 0 bridgehead atoms. The van der Waals surface area contributed by atoms with Gasteiger partial charge in [0.05, 0.1) is 30.9 Å². The number of pyridine rings is 1. The number of ether oxygens (including phenoxy) is 2. The maximum absolute atomic E-state index is 13.6. The second-order valence-electron chi connectivity index (χ2n) is 9.31. The van der Waals surface area contributed by atoms with Gasteiger partial charge < -0.3 is 19.9 Å². The van der Waals surface area contributed by atoms with Crippen molar-refractivity contribution in [1.82, 2.24) is 4.98 Å². The van der Waals surface area contributed by atoms with Gasteiger partial charge in [-0.1, -0.05) is 13.0 Å². The fourth-order valence-electron chi connectivity index (χ4n) is 4.98. The number of aromatic nitrogens is 1. The highest BCUT2D eigenvalue weighted by Crippen LogP contribution is 2.41. The van der Waals surface area contributed by atoms with Crippen LogP contribution < -0.4 is 14.8 Å². The Morgan fingerprint density at radius 3 is 2.53 bits per heavy atom. The van der Waals surface area contributed by atoms with Crippen LogP contribution in [0.25, 0.3) is 11.3 Å². The number of aliphatic carboxylic acids is 1. The Labute approximate surface area is 219 Å². The monoisotopic (exact) mass is 528 g/mol. The molecule has 0 radical (unpaired) electrons. The minimum absolute atomic E-state index is 0.00903. The molecule has 1 aliphatic carbocycles. The van der Waals surface area contributed by atoms with Gasteiger partial charge in [0.1, 0.15) is 17.3 Å². The fourth-order valence-corrected chi connectivity index (χ4v) is 4.98. The molecule has 0 aliphatic heterocycles. The Kier molecular flexibility index (Phi) is 8.44. The van der Waals surface area contributed by atoms with Gasteiger partial charge in [-0.25, -0.2) is 4.98 Å². The second kappa shape index (κ2) is 11.8. The molecule has 1 heterocycles. The number of aryl methyl sites for hydroxylation is 1. The topological polar surface area (TPSA) is 80.7 Å². The van der Waals surface area contributed by atoms with Crippen molar-refractivity contribution in [2.75, 3.05) is 25.6 Å². The number of carboxylic acids is 1. The van der Waals surface area contributed by atoms with Crippen LogP contribution in [0.3, 0.4) is 0 Å². The van der Waals surface area contributed by atoms with E-state index in [1.807, 2.05) is 25.1 Å². The highest BCUT2D eigenvalue weighted by Gasteiger charge is 2.35. The maximum Gasteiger partial charge on any atom is 0.419 e. The normalized spacial score (nSPS) is 15.6. The number of methoxy groups -OCH3 is 1. The minimum Gasteiger partial charge on any atom is -0.497 e. The summed E-state index contributed by atoms with van der Waals surface area (Å²) in [4.78, 5) is 15.8. The SMILES string of the molecule is CCC(C(=O)O)[C@@H]1CCc2cc(OCCCNc3nc(-c4ccc(OC)cc4)ccc3C(F)(F)F)ccc21. The van der Waals surface area contributed by atoms with Gasteiger partial charge in [0, 0.05) is 12.1 Å². The summed E-state index contributed by atoms with van der Waals surface area (Å²) in [6, 6.07) is 15.1. The summed E-state index contributed by atoms with van der Waals surface area (Å²) in [6.07, 6.45) is -1.89. The lowest BCUT2D eigenvalue weighted by atomic mass is 9.85. The van der Waals surface area contributed by atoms with E-state index in [0.717, 1.165) is 30.0 Å². The minimum atomic E-state index is -4.54. The number of benzene rings is 2. The van der Waals surface area contributed by atoms with E-state index in [1.165, 1.54) is 6.07 Å².